The van der Waals surface area contributed by atoms with E-state index in [1.54, 1.807) is 0 Å². The number of nitrogens with zero attached hydrogens (tertiary/aromatic N) is 2. The maximum Gasteiger partial charge on any atom is 0.0594 e. The summed E-state index contributed by atoms with van der Waals surface area (Å²) in [6, 6.07) is 0.715. The molecule has 17 heavy (non-hydrogen) atoms. The molecule has 2 aliphatic heterocycles. The lowest BCUT2D eigenvalue weighted by Gasteiger charge is -2.36. The molecule has 2 rings (SSSR count). The molecule has 2 heterocycles. The Morgan fingerprint density at radius 1 is 1.24 bits per heavy atom. The number of nitrogens with one attached hydrogen (secondary N) is 1. The van der Waals surface area contributed by atoms with Gasteiger partial charge < -0.3 is 15.0 Å². The topological polar surface area (TPSA) is 27.7 Å². The van der Waals surface area contributed by atoms with Crippen LogP contribution in [-0.4, -0.2) is 75.4 Å². The van der Waals surface area contributed by atoms with E-state index >= 15 is 0 Å². The van der Waals surface area contributed by atoms with Crippen LogP contribution in [0.4, 0.5) is 0 Å². The van der Waals surface area contributed by atoms with E-state index < -0.39 is 0 Å². The van der Waals surface area contributed by atoms with Gasteiger partial charge in [0, 0.05) is 38.8 Å². The van der Waals surface area contributed by atoms with E-state index in [1.165, 1.54) is 26.1 Å². The van der Waals surface area contributed by atoms with Crippen molar-refractivity contribution >= 4 is 0 Å². The van der Waals surface area contributed by atoms with Gasteiger partial charge in [-0.1, -0.05) is 6.92 Å². The lowest BCUT2D eigenvalue weighted by atomic mass is 9.94. The van der Waals surface area contributed by atoms with E-state index in [0.29, 0.717) is 6.04 Å². The minimum Gasteiger partial charge on any atom is -0.379 e. The SMILES string of the molecule is CC1CN(C)CCC1NCCN1CCOCC1. The molecule has 2 atom stereocenters. The normalized spacial score (nSPS) is 32.8. The Kier molecular flexibility index (Phi) is 5.22. The van der Waals surface area contributed by atoms with Gasteiger partial charge in [-0.3, -0.25) is 4.90 Å². The second kappa shape index (κ2) is 6.69. The third kappa shape index (κ3) is 4.21. The van der Waals surface area contributed by atoms with Crippen molar-refractivity contribution in [3.63, 3.8) is 0 Å². The maximum absolute atomic E-state index is 5.36. The van der Waals surface area contributed by atoms with Gasteiger partial charge in [-0.25, -0.2) is 0 Å². The van der Waals surface area contributed by atoms with E-state index in [-0.39, 0.29) is 0 Å². The molecule has 2 aliphatic rings. The van der Waals surface area contributed by atoms with Crippen LogP contribution in [0.3, 0.4) is 0 Å². The zero-order valence-electron chi connectivity index (χ0n) is 11.3. The highest BCUT2D eigenvalue weighted by molar-refractivity contribution is 4.81. The average molecular weight is 241 g/mol. The smallest absolute Gasteiger partial charge is 0.0594 e. The van der Waals surface area contributed by atoms with Crippen LogP contribution in [0.2, 0.25) is 0 Å². The van der Waals surface area contributed by atoms with Crippen molar-refractivity contribution in [2.24, 2.45) is 5.92 Å². The predicted octanol–water partition coefficient (Wildman–Crippen LogP) is 0.248. The Balaban J connectivity index is 1.61. The van der Waals surface area contributed by atoms with Gasteiger partial charge in [0.05, 0.1) is 13.2 Å². The monoisotopic (exact) mass is 241 g/mol. The van der Waals surface area contributed by atoms with Gasteiger partial charge >= 0.3 is 0 Å². The first-order valence-electron chi connectivity index (χ1n) is 6.98. The summed E-state index contributed by atoms with van der Waals surface area (Å²) in [5.74, 6) is 0.776. The summed E-state index contributed by atoms with van der Waals surface area (Å²) in [4.78, 5) is 4.93. The summed E-state index contributed by atoms with van der Waals surface area (Å²) in [6.45, 7) is 11.1. The fraction of sp³-hybridized carbons (Fsp3) is 1.00. The second-order valence-corrected chi connectivity index (χ2v) is 5.54. The highest BCUT2D eigenvalue weighted by atomic mass is 16.5. The van der Waals surface area contributed by atoms with E-state index in [9.17, 15) is 0 Å². The minimum atomic E-state index is 0.715. The molecule has 4 heteroatoms. The predicted molar refractivity (Wildman–Crippen MR) is 70.3 cm³/mol. The molecule has 0 bridgehead atoms. The standard InChI is InChI=1S/C13H27N3O/c1-12-11-15(2)5-3-13(12)14-4-6-16-7-9-17-10-8-16/h12-14H,3-11H2,1-2H3. The van der Waals surface area contributed by atoms with Crippen molar-refractivity contribution in [2.45, 2.75) is 19.4 Å². The fourth-order valence-electron chi connectivity index (χ4n) is 2.89. The van der Waals surface area contributed by atoms with E-state index in [4.69, 9.17) is 4.74 Å². The Bertz CT molecular complexity index is 219. The molecule has 0 spiro atoms. The zero-order chi connectivity index (χ0) is 12.1. The highest BCUT2D eigenvalue weighted by Gasteiger charge is 2.23. The third-order valence-electron chi connectivity index (χ3n) is 4.05. The molecular formula is C13H27N3O. The van der Waals surface area contributed by atoms with E-state index in [1.807, 2.05) is 0 Å². The van der Waals surface area contributed by atoms with Crippen LogP contribution >= 0.6 is 0 Å². The number of morpholine rings is 1. The Morgan fingerprint density at radius 2 is 2.00 bits per heavy atom. The lowest BCUT2D eigenvalue weighted by molar-refractivity contribution is 0.0374. The number of hydrogen-bond acceptors (Lipinski definition) is 4. The summed E-state index contributed by atoms with van der Waals surface area (Å²) >= 11 is 0. The molecule has 0 amide bonds. The number of ether oxygens (including phenoxy) is 1. The first-order chi connectivity index (χ1) is 8.25. The number of likely N-dealkylation sites (tertiary alicyclic amines) is 1. The fourth-order valence-corrected chi connectivity index (χ4v) is 2.89. The van der Waals surface area contributed by atoms with Crippen LogP contribution in [0.15, 0.2) is 0 Å². The van der Waals surface area contributed by atoms with Crippen molar-refractivity contribution in [3.8, 4) is 0 Å². The molecule has 4 nitrogen and oxygen atoms in total. The first kappa shape index (κ1) is 13.3. The Hall–Kier alpha value is -0.160. The molecule has 0 saturated carbocycles. The minimum absolute atomic E-state index is 0.715. The van der Waals surface area contributed by atoms with Crippen LogP contribution in [0.5, 0.6) is 0 Å². The van der Waals surface area contributed by atoms with Crippen molar-refractivity contribution in [2.75, 3.05) is 59.5 Å². The van der Waals surface area contributed by atoms with Crippen LogP contribution < -0.4 is 5.32 Å². The summed E-state index contributed by atoms with van der Waals surface area (Å²) in [7, 11) is 2.22. The quantitative estimate of drug-likeness (QED) is 0.763. The second-order valence-electron chi connectivity index (χ2n) is 5.54. The van der Waals surface area contributed by atoms with Crippen molar-refractivity contribution in [1.29, 1.82) is 0 Å². The zero-order valence-corrected chi connectivity index (χ0v) is 11.3. The van der Waals surface area contributed by atoms with Crippen LogP contribution in [0, 0.1) is 5.92 Å². The molecule has 0 aliphatic carbocycles. The number of hydrogen-bond donors (Lipinski definition) is 1. The lowest BCUT2D eigenvalue weighted by Crippen LogP contribution is -2.49. The molecule has 0 aromatic carbocycles. The highest BCUT2D eigenvalue weighted by Crippen LogP contribution is 2.14. The van der Waals surface area contributed by atoms with Crippen molar-refractivity contribution in [3.05, 3.63) is 0 Å². The Labute approximate surface area is 105 Å². The van der Waals surface area contributed by atoms with Gasteiger partial charge in [-0.2, -0.15) is 0 Å². The third-order valence-corrected chi connectivity index (χ3v) is 4.05. The molecule has 0 radical (unpaired) electrons. The van der Waals surface area contributed by atoms with E-state index in [2.05, 4.69) is 29.1 Å². The first-order valence-corrected chi connectivity index (χ1v) is 6.98. The van der Waals surface area contributed by atoms with Crippen LogP contribution in [0.1, 0.15) is 13.3 Å². The molecule has 100 valence electrons. The van der Waals surface area contributed by atoms with Crippen molar-refractivity contribution < 1.29 is 4.74 Å². The molecule has 1 N–H and O–H groups in total. The maximum atomic E-state index is 5.36. The Morgan fingerprint density at radius 3 is 2.71 bits per heavy atom. The summed E-state index contributed by atoms with van der Waals surface area (Å²) in [5, 5.41) is 3.73. The van der Waals surface area contributed by atoms with Gasteiger partial charge in [0.25, 0.3) is 0 Å². The molecule has 0 aromatic rings. The molecule has 2 saturated heterocycles. The number of rotatable bonds is 4. The summed E-state index contributed by atoms with van der Waals surface area (Å²) < 4.78 is 5.36. The van der Waals surface area contributed by atoms with Crippen LogP contribution in [-0.2, 0) is 4.74 Å². The van der Waals surface area contributed by atoms with Gasteiger partial charge in [0.15, 0.2) is 0 Å². The molecule has 0 aromatic heterocycles. The van der Waals surface area contributed by atoms with Gasteiger partial charge in [0.2, 0.25) is 0 Å². The molecule has 2 unspecified atom stereocenters. The number of piperidine rings is 1. The summed E-state index contributed by atoms with van der Waals surface area (Å²) in [6.07, 6.45) is 1.29. The summed E-state index contributed by atoms with van der Waals surface area (Å²) in [5.41, 5.74) is 0. The van der Waals surface area contributed by atoms with Gasteiger partial charge in [0.1, 0.15) is 0 Å². The van der Waals surface area contributed by atoms with Gasteiger partial charge in [-0.05, 0) is 25.9 Å². The van der Waals surface area contributed by atoms with E-state index in [0.717, 1.165) is 38.8 Å². The average Bonchev–Trinajstić information content (AvgIpc) is 2.33. The molecule has 2 fully saturated rings. The van der Waals surface area contributed by atoms with Crippen molar-refractivity contribution in [1.82, 2.24) is 15.1 Å². The van der Waals surface area contributed by atoms with Gasteiger partial charge in [-0.15, -0.1) is 0 Å². The molecular weight excluding hydrogens is 214 g/mol. The van der Waals surface area contributed by atoms with Crippen LogP contribution in [0.25, 0.3) is 0 Å². The largest absolute Gasteiger partial charge is 0.379 e.